The van der Waals surface area contributed by atoms with Crippen LogP contribution in [0.15, 0.2) is 66.9 Å². The highest BCUT2D eigenvalue weighted by Crippen LogP contribution is 2.31. The smallest absolute Gasteiger partial charge is 0.0765 e. The third-order valence-electron chi connectivity index (χ3n) is 4.01. The number of hydrogen-bond donors (Lipinski definition) is 0. The lowest BCUT2D eigenvalue weighted by Crippen LogP contribution is -1.98. The number of para-hydroxylation sites is 2. The van der Waals surface area contributed by atoms with E-state index in [9.17, 15) is 0 Å². The van der Waals surface area contributed by atoms with E-state index in [0.29, 0.717) is 0 Å². The van der Waals surface area contributed by atoms with Crippen molar-refractivity contribution in [3.8, 4) is 16.9 Å². The molecule has 0 saturated carbocycles. The summed E-state index contributed by atoms with van der Waals surface area (Å²) in [6.45, 7) is 2.04. The summed E-state index contributed by atoms with van der Waals surface area (Å²) in [6.07, 6.45) is 2.18. The van der Waals surface area contributed by atoms with E-state index < -0.39 is 0 Å². The first kappa shape index (κ1) is 12.9. The van der Waals surface area contributed by atoms with Gasteiger partial charge in [-0.3, -0.25) is 0 Å². The van der Waals surface area contributed by atoms with Crippen molar-refractivity contribution in [2.75, 3.05) is 0 Å². The monoisotopic (exact) mass is 287 g/mol. The molecule has 0 N–H and O–H groups in total. The van der Waals surface area contributed by atoms with Crippen molar-refractivity contribution in [2.45, 2.75) is 6.92 Å². The minimum Gasteiger partial charge on any atom is -0.350 e. The summed E-state index contributed by atoms with van der Waals surface area (Å²) in [6, 6.07) is 20.9. The molecule has 0 aliphatic rings. The van der Waals surface area contributed by atoms with Crippen LogP contribution in [0.5, 0.6) is 0 Å². The summed E-state index contributed by atoms with van der Waals surface area (Å²) < 4.78 is 4.19. The maximum atomic E-state index is 4.68. The fraction of sp³-hybridized carbons (Fsp3) is 0.105. The van der Waals surface area contributed by atoms with E-state index in [-0.39, 0.29) is 0 Å². The lowest BCUT2D eigenvalue weighted by Gasteiger charge is -2.06. The SMILES string of the molecule is Cc1cc(-c2cn(C)c3ccccc23)n(-c2ccccc2)n1. The molecular formula is C19H17N3. The molecule has 4 aromatic rings. The van der Waals surface area contributed by atoms with E-state index >= 15 is 0 Å². The zero-order valence-corrected chi connectivity index (χ0v) is 12.7. The van der Waals surface area contributed by atoms with E-state index in [0.717, 1.165) is 17.1 Å². The van der Waals surface area contributed by atoms with Gasteiger partial charge in [0.1, 0.15) is 0 Å². The number of aromatic nitrogens is 3. The van der Waals surface area contributed by atoms with Crippen LogP contribution < -0.4 is 0 Å². The lowest BCUT2D eigenvalue weighted by molar-refractivity contribution is 0.868. The van der Waals surface area contributed by atoms with E-state index in [1.54, 1.807) is 0 Å². The van der Waals surface area contributed by atoms with Crippen LogP contribution in [0.3, 0.4) is 0 Å². The van der Waals surface area contributed by atoms with Crippen molar-refractivity contribution < 1.29 is 0 Å². The normalized spacial score (nSPS) is 11.2. The Hall–Kier alpha value is -2.81. The van der Waals surface area contributed by atoms with Gasteiger partial charge in [0.05, 0.1) is 17.1 Å². The predicted octanol–water partition coefficient (Wildman–Crippen LogP) is 4.34. The molecule has 4 rings (SSSR count). The maximum absolute atomic E-state index is 4.68. The number of aryl methyl sites for hydroxylation is 2. The molecule has 0 amide bonds. The second kappa shape index (κ2) is 4.88. The van der Waals surface area contributed by atoms with Crippen LogP contribution in [0.4, 0.5) is 0 Å². The minimum absolute atomic E-state index is 1.02. The molecule has 2 aromatic heterocycles. The Morgan fingerprint density at radius 3 is 2.45 bits per heavy atom. The van der Waals surface area contributed by atoms with Gasteiger partial charge in [-0.25, -0.2) is 4.68 Å². The topological polar surface area (TPSA) is 22.8 Å². The summed E-state index contributed by atoms with van der Waals surface area (Å²) in [5.74, 6) is 0. The Morgan fingerprint density at radius 1 is 0.909 bits per heavy atom. The van der Waals surface area contributed by atoms with Crippen LogP contribution in [0.2, 0.25) is 0 Å². The Labute approximate surface area is 129 Å². The molecule has 0 aliphatic heterocycles. The van der Waals surface area contributed by atoms with Crippen molar-refractivity contribution in [1.29, 1.82) is 0 Å². The summed E-state index contributed by atoms with van der Waals surface area (Å²) in [5, 5.41) is 5.93. The van der Waals surface area contributed by atoms with E-state index in [4.69, 9.17) is 0 Å². The summed E-state index contributed by atoms with van der Waals surface area (Å²) in [5.41, 5.74) is 5.67. The van der Waals surface area contributed by atoms with Gasteiger partial charge in [-0.15, -0.1) is 0 Å². The molecule has 22 heavy (non-hydrogen) atoms. The number of hydrogen-bond acceptors (Lipinski definition) is 1. The van der Waals surface area contributed by atoms with Gasteiger partial charge in [-0.1, -0.05) is 36.4 Å². The number of rotatable bonds is 2. The first-order chi connectivity index (χ1) is 10.7. The molecule has 0 aliphatic carbocycles. The number of benzene rings is 2. The van der Waals surface area contributed by atoms with Gasteiger partial charge in [-0.2, -0.15) is 5.10 Å². The Balaban J connectivity index is 2.00. The molecule has 2 heterocycles. The van der Waals surface area contributed by atoms with Crippen molar-refractivity contribution >= 4 is 10.9 Å². The van der Waals surface area contributed by atoms with E-state index in [2.05, 4.69) is 65.4 Å². The number of nitrogens with zero attached hydrogens (tertiary/aromatic N) is 3. The zero-order chi connectivity index (χ0) is 15.1. The highest BCUT2D eigenvalue weighted by atomic mass is 15.3. The van der Waals surface area contributed by atoms with Gasteiger partial charge < -0.3 is 4.57 Å². The standard InChI is InChI=1S/C19H17N3/c1-14-12-19(22(20-14)15-8-4-3-5-9-15)17-13-21(2)18-11-7-6-10-16(17)18/h3-13H,1-2H3. The summed E-state index contributed by atoms with van der Waals surface area (Å²) in [4.78, 5) is 0. The molecule has 3 heteroatoms. The lowest BCUT2D eigenvalue weighted by atomic mass is 10.1. The largest absolute Gasteiger partial charge is 0.350 e. The molecule has 0 radical (unpaired) electrons. The van der Waals surface area contributed by atoms with Crippen molar-refractivity contribution in [3.05, 3.63) is 72.6 Å². The fourth-order valence-corrected chi connectivity index (χ4v) is 3.00. The van der Waals surface area contributed by atoms with Crippen LogP contribution >= 0.6 is 0 Å². The van der Waals surface area contributed by atoms with Crippen LogP contribution in [0.1, 0.15) is 5.69 Å². The Morgan fingerprint density at radius 2 is 1.64 bits per heavy atom. The average Bonchev–Trinajstić information content (AvgIpc) is 3.09. The first-order valence-electron chi connectivity index (χ1n) is 7.40. The average molecular weight is 287 g/mol. The van der Waals surface area contributed by atoms with Crippen LogP contribution in [-0.4, -0.2) is 14.3 Å². The second-order valence-electron chi connectivity index (χ2n) is 5.59. The molecule has 0 spiro atoms. The van der Waals surface area contributed by atoms with Crippen molar-refractivity contribution in [3.63, 3.8) is 0 Å². The molecule has 3 nitrogen and oxygen atoms in total. The molecule has 0 saturated heterocycles. The van der Waals surface area contributed by atoms with E-state index in [1.807, 2.05) is 29.8 Å². The minimum atomic E-state index is 1.02. The quantitative estimate of drug-likeness (QED) is 0.538. The highest BCUT2D eigenvalue weighted by Gasteiger charge is 2.14. The third kappa shape index (κ3) is 1.94. The van der Waals surface area contributed by atoms with Crippen LogP contribution in [0.25, 0.3) is 27.8 Å². The van der Waals surface area contributed by atoms with Crippen molar-refractivity contribution in [1.82, 2.24) is 14.3 Å². The molecule has 108 valence electrons. The summed E-state index contributed by atoms with van der Waals surface area (Å²) >= 11 is 0. The second-order valence-corrected chi connectivity index (χ2v) is 5.59. The first-order valence-corrected chi connectivity index (χ1v) is 7.40. The highest BCUT2D eigenvalue weighted by molar-refractivity contribution is 5.95. The third-order valence-corrected chi connectivity index (χ3v) is 4.01. The van der Waals surface area contributed by atoms with Gasteiger partial charge in [0.25, 0.3) is 0 Å². The Bertz CT molecular complexity index is 945. The van der Waals surface area contributed by atoms with Gasteiger partial charge in [0.2, 0.25) is 0 Å². The van der Waals surface area contributed by atoms with E-state index in [1.165, 1.54) is 16.5 Å². The fourth-order valence-electron chi connectivity index (χ4n) is 3.00. The molecule has 2 aromatic carbocycles. The molecule has 0 fully saturated rings. The van der Waals surface area contributed by atoms with Crippen LogP contribution in [-0.2, 0) is 7.05 Å². The summed E-state index contributed by atoms with van der Waals surface area (Å²) in [7, 11) is 2.09. The maximum Gasteiger partial charge on any atom is 0.0765 e. The van der Waals surface area contributed by atoms with Gasteiger partial charge >= 0.3 is 0 Å². The van der Waals surface area contributed by atoms with Gasteiger partial charge in [0, 0.05) is 29.7 Å². The Kier molecular flexibility index (Phi) is 2.86. The molecule has 0 unspecified atom stereocenters. The van der Waals surface area contributed by atoms with Gasteiger partial charge in [-0.05, 0) is 31.2 Å². The molecule has 0 atom stereocenters. The zero-order valence-electron chi connectivity index (χ0n) is 12.7. The van der Waals surface area contributed by atoms with Crippen LogP contribution in [0, 0.1) is 6.92 Å². The molecular weight excluding hydrogens is 270 g/mol. The number of fused-ring (bicyclic) bond motifs is 1. The predicted molar refractivity (Wildman–Crippen MR) is 90.2 cm³/mol. The molecule has 0 bridgehead atoms. The van der Waals surface area contributed by atoms with Crippen molar-refractivity contribution in [2.24, 2.45) is 7.05 Å². The van der Waals surface area contributed by atoms with Gasteiger partial charge in [0.15, 0.2) is 0 Å².